The number of likely N-dealkylation sites (N-methyl/N-ethyl adjacent to an activating group) is 1. The Morgan fingerprint density at radius 3 is 2.85 bits per heavy atom. The largest absolute Gasteiger partial charge is 0.493 e. The van der Waals surface area contributed by atoms with Crippen molar-refractivity contribution in [3.63, 3.8) is 0 Å². The fraction of sp³-hybridized carbons (Fsp3) is 0.462. The lowest BCUT2D eigenvalue weighted by Gasteiger charge is -2.19. The fourth-order valence-electron chi connectivity index (χ4n) is 2.05. The van der Waals surface area contributed by atoms with Crippen LogP contribution in [0.15, 0.2) is 23.1 Å². The van der Waals surface area contributed by atoms with Crippen LogP contribution < -0.4 is 4.74 Å². The molecule has 0 atom stereocenters. The quantitative estimate of drug-likeness (QED) is 0.752. The Bertz CT molecular complexity index is 611. The minimum absolute atomic E-state index is 0.174. The first-order chi connectivity index (χ1) is 9.48. The first-order valence-corrected chi connectivity index (χ1v) is 7.75. The van der Waals surface area contributed by atoms with Crippen molar-refractivity contribution in [3.05, 3.63) is 23.8 Å². The van der Waals surface area contributed by atoms with Gasteiger partial charge in [-0.15, -0.1) is 0 Å². The third-order valence-electron chi connectivity index (χ3n) is 3.18. The summed E-state index contributed by atoms with van der Waals surface area (Å²) in [5.41, 5.74) is 0.875. The Balaban J connectivity index is 2.31. The van der Waals surface area contributed by atoms with Crippen LogP contribution in [0.1, 0.15) is 12.5 Å². The van der Waals surface area contributed by atoms with Gasteiger partial charge in [-0.05, 0) is 23.8 Å². The number of hydrogen-bond acceptors (Lipinski definition) is 5. The second kappa shape index (κ2) is 5.80. The molecule has 1 aromatic carbocycles. The van der Waals surface area contributed by atoms with Crippen LogP contribution in [0.25, 0.3) is 0 Å². The maximum absolute atomic E-state index is 12.5. The molecule has 7 heteroatoms. The molecular weight excluding hydrogens is 282 g/mol. The van der Waals surface area contributed by atoms with Crippen LogP contribution in [-0.4, -0.2) is 45.5 Å². The number of sulfonamides is 1. The number of carbonyl (C=O) groups excluding carboxylic acids is 1. The molecular formula is C13H17NO5S. The summed E-state index contributed by atoms with van der Waals surface area (Å²) in [5.74, 6) is 0.139. The molecule has 0 bridgehead atoms. The summed E-state index contributed by atoms with van der Waals surface area (Å²) < 4.78 is 36.0. The average molecular weight is 299 g/mol. The van der Waals surface area contributed by atoms with E-state index in [0.29, 0.717) is 13.0 Å². The van der Waals surface area contributed by atoms with Gasteiger partial charge >= 0.3 is 5.97 Å². The average Bonchev–Trinajstić information content (AvgIpc) is 2.91. The van der Waals surface area contributed by atoms with E-state index in [0.717, 1.165) is 15.6 Å². The molecule has 1 aliphatic rings. The zero-order chi connectivity index (χ0) is 14.8. The molecule has 2 rings (SSSR count). The van der Waals surface area contributed by atoms with Crippen LogP contribution >= 0.6 is 0 Å². The second-order valence-corrected chi connectivity index (χ2v) is 6.31. The molecule has 0 spiro atoms. The van der Waals surface area contributed by atoms with Gasteiger partial charge in [0.2, 0.25) is 10.0 Å². The SMILES string of the molecule is CCN(CC(=O)OC)S(=O)(=O)c1ccc2c(c1)CCO2. The van der Waals surface area contributed by atoms with E-state index < -0.39 is 16.0 Å². The van der Waals surface area contributed by atoms with E-state index in [1.165, 1.54) is 13.2 Å². The predicted molar refractivity (Wildman–Crippen MR) is 72.1 cm³/mol. The molecule has 0 aliphatic carbocycles. The number of rotatable bonds is 5. The minimum Gasteiger partial charge on any atom is -0.493 e. The zero-order valence-corrected chi connectivity index (χ0v) is 12.3. The Morgan fingerprint density at radius 1 is 1.45 bits per heavy atom. The van der Waals surface area contributed by atoms with E-state index in [4.69, 9.17) is 4.74 Å². The highest BCUT2D eigenvalue weighted by atomic mass is 32.2. The third kappa shape index (κ3) is 2.78. The summed E-state index contributed by atoms with van der Waals surface area (Å²) in [6, 6.07) is 4.76. The van der Waals surface area contributed by atoms with Gasteiger partial charge in [0, 0.05) is 13.0 Å². The number of nitrogens with zero attached hydrogens (tertiary/aromatic N) is 1. The van der Waals surface area contributed by atoms with Crippen LogP contribution in [-0.2, 0) is 26.0 Å². The van der Waals surface area contributed by atoms with Crippen LogP contribution in [0, 0.1) is 0 Å². The van der Waals surface area contributed by atoms with Crippen molar-refractivity contribution >= 4 is 16.0 Å². The fourth-order valence-corrected chi connectivity index (χ4v) is 3.49. The number of ether oxygens (including phenoxy) is 2. The van der Waals surface area contributed by atoms with E-state index in [-0.39, 0.29) is 18.0 Å². The Morgan fingerprint density at radius 2 is 2.20 bits per heavy atom. The predicted octanol–water partition coefficient (Wildman–Crippen LogP) is 0.805. The van der Waals surface area contributed by atoms with Gasteiger partial charge < -0.3 is 9.47 Å². The van der Waals surface area contributed by atoms with Crippen LogP contribution in [0.5, 0.6) is 5.75 Å². The summed E-state index contributed by atoms with van der Waals surface area (Å²) in [6.45, 7) is 2.16. The summed E-state index contributed by atoms with van der Waals surface area (Å²) in [7, 11) is -2.47. The molecule has 0 N–H and O–H groups in total. The molecule has 110 valence electrons. The molecule has 1 aromatic rings. The van der Waals surface area contributed by atoms with Gasteiger partial charge in [0.15, 0.2) is 0 Å². The standard InChI is InChI=1S/C13H17NO5S/c1-3-14(9-13(15)18-2)20(16,17)11-4-5-12-10(8-11)6-7-19-12/h4-5,8H,3,6-7,9H2,1-2H3. The lowest BCUT2D eigenvalue weighted by Crippen LogP contribution is -2.36. The topological polar surface area (TPSA) is 72.9 Å². The van der Waals surface area contributed by atoms with Crippen molar-refractivity contribution in [1.29, 1.82) is 0 Å². The molecule has 0 unspecified atom stereocenters. The van der Waals surface area contributed by atoms with Crippen molar-refractivity contribution in [2.24, 2.45) is 0 Å². The molecule has 6 nitrogen and oxygen atoms in total. The van der Waals surface area contributed by atoms with Gasteiger partial charge in [0.25, 0.3) is 0 Å². The van der Waals surface area contributed by atoms with Crippen molar-refractivity contribution in [2.45, 2.75) is 18.2 Å². The molecule has 1 heterocycles. The van der Waals surface area contributed by atoms with Gasteiger partial charge in [-0.25, -0.2) is 8.42 Å². The van der Waals surface area contributed by atoms with Gasteiger partial charge in [0.1, 0.15) is 12.3 Å². The number of methoxy groups -OCH3 is 1. The highest BCUT2D eigenvalue weighted by Gasteiger charge is 2.27. The highest BCUT2D eigenvalue weighted by Crippen LogP contribution is 2.28. The van der Waals surface area contributed by atoms with Gasteiger partial charge in [-0.3, -0.25) is 4.79 Å². The second-order valence-electron chi connectivity index (χ2n) is 4.38. The zero-order valence-electron chi connectivity index (χ0n) is 11.5. The van der Waals surface area contributed by atoms with E-state index in [9.17, 15) is 13.2 Å². The molecule has 0 aromatic heterocycles. The smallest absolute Gasteiger partial charge is 0.321 e. The van der Waals surface area contributed by atoms with E-state index in [1.54, 1.807) is 19.1 Å². The molecule has 0 fully saturated rings. The van der Waals surface area contributed by atoms with E-state index >= 15 is 0 Å². The Kier molecular flexibility index (Phi) is 4.29. The lowest BCUT2D eigenvalue weighted by atomic mass is 10.2. The van der Waals surface area contributed by atoms with Crippen molar-refractivity contribution in [1.82, 2.24) is 4.31 Å². The van der Waals surface area contributed by atoms with Gasteiger partial charge in [0.05, 0.1) is 18.6 Å². The number of fused-ring (bicyclic) bond motifs is 1. The van der Waals surface area contributed by atoms with Crippen LogP contribution in [0.4, 0.5) is 0 Å². The number of benzene rings is 1. The molecule has 1 aliphatic heterocycles. The third-order valence-corrected chi connectivity index (χ3v) is 5.10. The molecule has 0 radical (unpaired) electrons. The molecule has 0 amide bonds. The molecule has 0 saturated heterocycles. The first kappa shape index (κ1) is 14.8. The van der Waals surface area contributed by atoms with Crippen LogP contribution in [0.3, 0.4) is 0 Å². The van der Waals surface area contributed by atoms with E-state index in [1.807, 2.05) is 0 Å². The Labute approximate surface area is 118 Å². The molecule has 20 heavy (non-hydrogen) atoms. The van der Waals surface area contributed by atoms with Gasteiger partial charge in [-0.2, -0.15) is 4.31 Å². The van der Waals surface area contributed by atoms with Crippen molar-refractivity contribution in [3.8, 4) is 5.75 Å². The Hall–Kier alpha value is -1.60. The number of carbonyl (C=O) groups is 1. The maximum atomic E-state index is 12.5. The lowest BCUT2D eigenvalue weighted by molar-refractivity contribution is -0.140. The summed E-state index contributed by atoms with van der Waals surface area (Å²) in [5, 5.41) is 0. The van der Waals surface area contributed by atoms with E-state index in [2.05, 4.69) is 4.74 Å². The van der Waals surface area contributed by atoms with Gasteiger partial charge in [-0.1, -0.05) is 6.92 Å². The maximum Gasteiger partial charge on any atom is 0.321 e. The van der Waals surface area contributed by atoms with Crippen LogP contribution in [0.2, 0.25) is 0 Å². The van der Waals surface area contributed by atoms with Crippen molar-refractivity contribution < 1.29 is 22.7 Å². The highest BCUT2D eigenvalue weighted by molar-refractivity contribution is 7.89. The monoisotopic (exact) mass is 299 g/mol. The minimum atomic E-state index is -3.70. The summed E-state index contributed by atoms with van der Waals surface area (Å²) in [6.07, 6.45) is 0.696. The first-order valence-electron chi connectivity index (χ1n) is 6.31. The normalized spacial score (nSPS) is 13.9. The number of esters is 1. The van der Waals surface area contributed by atoms with Crippen molar-refractivity contribution in [2.75, 3.05) is 26.8 Å². The molecule has 0 saturated carbocycles. The number of hydrogen-bond donors (Lipinski definition) is 0. The summed E-state index contributed by atoms with van der Waals surface area (Å²) >= 11 is 0. The summed E-state index contributed by atoms with van der Waals surface area (Å²) in [4.78, 5) is 11.5.